The minimum Gasteiger partial charge on any atom is -0.396 e. The number of rotatable bonds is 7. The number of anilines is 1. The maximum Gasteiger partial charge on any atom is 0.262 e. The number of benzene rings is 2. The molecule has 1 heterocycles. The third-order valence-electron chi connectivity index (χ3n) is 3.90. The lowest BCUT2D eigenvalue weighted by molar-refractivity contribution is -0.113. The number of aliphatic hydroxyl groups excluding tert-OH is 1. The van der Waals surface area contributed by atoms with Crippen molar-refractivity contribution in [2.75, 3.05) is 17.7 Å². The van der Waals surface area contributed by atoms with Crippen LogP contribution in [-0.4, -0.2) is 32.9 Å². The van der Waals surface area contributed by atoms with Gasteiger partial charge in [0.15, 0.2) is 5.16 Å². The van der Waals surface area contributed by atoms with Gasteiger partial charge in [-0.15, -0.1) is 0 Å². The number of para-hydroxylation sites is 1. The number of nitrogens with one attached hydrogen (secondary N) is 1. The summed E-state index contributed by atoms with van der Waals surface area (Å²) in [4.78, 5) is 29.5. The summed E-state index contributed by atoms with van der Waals surface area (Å²) >= 11 is 7.02. The smallest absolute Gasteiger partial charge is 0.262 e. The quantitative estimate of drug-likeness (QED) is 0.451. The van der Waals surface area contributed by atoms with E-state index in [2.05, 4.69) is 10.3 Å². The number of aliphatic hydroxyl groups is 1. The Morgan fingerprint density at radius 2 is 2.07 bits per heavy atom. The maximum absolute atomic E-state index is 13.1. The van der Waals surface area contributed by atoms with Crippen LogP contribution in [0.4, 0.5) is 10.1 Å². The Hall–Kier alpha value is -2.42. The van der Waals surface area contributed by atoms with E-state index in [0.29, 0.717) is 34.7 Å². The summed E-state index contributed by atoms with van der Waals surface area (Å²) in [5.74, 6) is -0.877. The van der Waals surface area contributed by atoms with Gasteiger partial charge in [0, 0.05) is 13.2 Å². The summed E-state index contributed by atoms with van der Waals surface area (Å²) in [5, 5.41) is 12.7. The molecule has 28 heavy (non-hydrogen) atoms. The number of carbonyl (C=O) groups is 1. The zero-order chi connectivity index (χ0) is 20.1. The van der Waals surface area contributed by atoms with E-state index in [1.54, 1.807) is 24.3 Å². The van der Waals surface area contributed by atoms with Gasteiger partial charge >= 0.3 is 0 Å². The largest absolute Gasteiger partial charge is 0.396 e. The number of fused-ring (bicyclic) bond motifs is 1. The van der Waals surface area contributed by atoms with Crippen LogP contribution in [0.1, 0.15) is 6.42 Å². The van der Waals surface area contributed by atoms with Crippen LogP contribution in [0.15, 0.2) is 52.4 Å². The Bertz CT molecular complexity index is 1070. The molecule has 2 N–H and O–H groups in total. The van der Waals surface area contributed by atoms with E-state index in [9.17, 15) is 14.0 Å². The SMILES string of the molecule is O=C(CSc1nc2ccccc2c(=O)n1CCCO)Nc1ccc(F)cc1Cl. The summed E-state index contributed by atoms with van der Waals surface area (Å²) in [5.41, 5.74) is 0.624. The number of amides is 1. The highest BCUT2D eigenvalue weighted by Gasteiger charge is 2.14. The number of hydrogen-bond donors (Lipinski definition) is 2. The predicted molar refractivity (Wildman–Crippen MR) is 108 cm³/mol. The van der Waals surface area contributed by atoms with Crippen molar-refractivity contribution >= 4 is 45.9 Å². The molecular weight excluding hydrogens is 405 g/mol. The monoisotopic (exact) mass is 421 g/mol. The normalized spacial score (nSPS) is 11.0. The van der Waals surface area contributed by atoms with Crippen LogP contribution in [0.3, 0.4) is 0 Å². The topological polar surface area (TPSA) is 84.2 Å². The van der Waals surface area contributed by atoms with Gasteiger partial charge < -0.3 is 10.4 Å². The standard InChI is InChI=1S/C19H17ClFN3O3S/c20-14-10-12(21)6-7-16(14)22-17(26)11-28-19-23-15-5-2-1-4-13(15)18(27)24(19)8-3-9-25/h1-2,4-7,10,25H,3,8-9,11H2,(H,22,26). The summed E-state index contributed by atoms with van der Waals surface area (Å²) in [7, 11) is 0. The van der Waals surface area contributed by atoms with Crippen molar-refractivity contribution in [3.8, 4) is 0 Å². The van der Waals surface area contributed by atoms with E-state index < -0.39 is 5.82 Å². The Labute approximate surface area is 169 Å². The molecule has 6 nitrogen and oxygen atoms in total. The van der Waals surface area contributed by atoms with Crippen LogP contribution < -0.4 is 10.9 Å². The molecule has 0 atom stereocenters. The van der Waals surface area contributed by atoms with Crippen molar-refractivity contribution in [2.24, 2.45) is 0 Å². The third kappa shape index (κ3) is 4.70. The summed E-state index contributed by atoms with van der Waals surface area (Å²) in [6.07, 6.45) is 0.394. The van der Waals surface area contributed by atoms with E-state index in [0.717, 1.165) is 17.8 Å². The van der Waals surface area contributed by atoms with Crippen molar-refractivity contribution in [3.63, 3.8) is 0 Å². The summed E-state index contributed by atoms with van der Waals surface area (Å²) in [6.45, 7) is 0.230. The lowest BCUT2D eigenvalue weighted by Gasteiger charge is -2.13. The van der Waals surface area contributed by atoms with Gasteiger partial charge in [0.1, 0.15) is 5.82 Å². The van der Waals surface area contributed by atoms with Gasteiger partial charge in [0.25, 0.3) is 5.56 Å². The van der Waals surface area contributed by atoms with Crippen LogP contribution in [0.25, 0.3) is 10.9 Å². The molecular formula is C19H17ClFN3O3S. The first kappa shape index (κ1) is 20.3. The number of carbonyl (C=O) groups excluding carboxylic acids is 1. The highest BCUT2D eigenvalue weighted by atomic mass is 35.5. The molecule has 3 rings (SSSR count). The van der Waals surface area contributed by atoms with Gasteiger partial charge in [-0.2, -0.15) is 0 Å². The fourth-order valence-electron chi connectivity index (χ4n) is 2.59. The number of thioether (sulfide) groups is 1. The molecule has 3 aromatic rings. The van der Waals surface area contributed by atoms with Crippen LogP contribution in [0.5, 0.6) is 0 Å². The highest BCUT2D eigenvalue weighted by Crippen LogP contribution is 2.23. The average Bonchev–Trinajstić information content (AvgIpc) is 2.68. The molecule has 0 radical (unpaired) electrons. The molecule has 9 heteroatoms. The Morgan fingerprint density at radius 1 is 1.29 bits per heavy atom. The summed E-state index contributed by atoms with van der Waals surface area (Å²) < 4.78 is 14.6. The first-order valence-electron chi connectivity index (χ1n) is 8.47. The van der Waals surface area contributed by atoms with Gasteiger partial charge in [0.2, 0.25) is 5.91 Å². The van der Waals surface area contributed by atoms with E-state index in [1.165, 1.54) is 16.7 Å². The molecule has 0 aliphatic carbocycles. The van der Waals surface area contributed by atoms with Crippen LogP contribution in [0.2, 0.25) is 5.02 Å². The highest BCUT2D eigenvalue weighted by molar-refractivity contribution is 7.99. The number of halogens is 2. The van der Waals surface area contributed by atoms with Crippen molar-refractivity contribution in [3.05, 3.63) is 63.7 Å². The Kier molecular flexibility index (Phi) is 6.66. The van der Waals surface area contributed by atoms with E-state index in [4.69, 9.17) is 16.7 Å². The minimum atomic E-state index is -0.495. The minimum absolute atomic E-state index is 0.0163. The molecule has 0 bridgehead atoms. The second-order valence-corrected chi connectivity index (χ2v) is 7.26. The van der Waals surface area contributed by atoms with Crippen molar-refractivity contribution in [1.82, 2.24) is 9.55 Å². The van der Waals surface area contributed by atoms with E-state index >= 15 is 0 Å². The second-order valence-electron chi connectivity index (χ2n) is 5.91. The molecule has 0 saturated carbocycles. The number of nitrogens with zero attached hydrogens (tertiary/aromatic N) is 2. The summed E-state index contributed by atoms with van der Waals surface area (Å²) in [6, 6.07) is 10.7. The van der Waals surface area contributed by atoms with E-state index in [-0.39, 0.29) is 28.8 Å². The fraction of sp³-hybridized carbons (Fsp3) is 0.211. The molecule has 0 aliphatic rings. The van der Waals surface area contributed by atoms with Crippen molar-refractivity contribution in [1.29, 1.82) is 0 Å². The molecule has 0 aliphatic heterocycles. The molecule has 0 spiro atoms. The van der Waals surface area contributed by atoms with Crippen LogP contribution in [-0.2, 0) is 11.3 Å². The molecule has 0 unspecified atom stereocenters. The lowest BCUT2D eigenvalue weighted by Crippen LogP contribution is -2.24. The molecule has 146 valence electrons. The zero-order valence-electron chi connectivity index (χ0n) is 14.7. The maximum atomic E-state index is 13.1. The molecule has 0 saturated heterocycles. The molecule has 1 amide bonds. The van der Waals surface area contributed by atoms with Crippen molar-refractivity contribution in [2.45, 2.75) is 18.1 Å². The lowest BCUT2D eigenvalue weighted by atomic mass is 10.2. The predicted octanol–water partition coefficient (Wildman–Crippen LogP) is 3.30. The van der Waals surface area contributed by atoms with E-state index in [1.807, 2.05) is 0 Å². The number of aromatic nitrogens is 2. The Balaban J connectivity index is 1.80. The molecule has 0 fully saturated rings. The van der Waals surface area contributed by atoms with Gasteiger partial charge in [-0.1, -0.05) is 35.5 Å². The molecule has 2 aromatic carbocycles. The van der Waals surface area contributed by atoms with Gasteiger partial charge in [0.05, 0.1) is 27.4 Å². The average molecular weight is 422 g/mol. The number of hydrogen-bond acceptors (Lipinski definition) is 5. The van der Waals surface area contributed by atoms with Crippen molar-refractivity contribution < 1.29 is 14.3 Å². The zero-order valence-corrected chi connectivity index (χ0v) is 16.3. The van der Waals surface area contributed by atoms with Crippen LogP contribution in [0, 0.1) is 5.82 Å². The van der Waals surface area contributed by atoms with Crippen LogP contribution >= 0.6 is 23.4 Å². The first-order chi connectivity index (χ1) is 13.5. The second kappa shape index (κ2) is 9.18. The molecule has 1 aromatic heterocycles. The third-order valence-corrected chi connectivity index (χ3v) is 5.19. The van der Waals surface area contributed by atoms with Gasteiger partial charge in [-0.05, 0) is 36.8 Å². The van der Waals surface area contributed by atoms with Gasteiger partial charge in [-0.3, -0.25) is 14.2 Å². The Morgan fingerprint density at radius 3 is 2.82 bits per heavy atom. The first-order valence-corrected chi connectivity index (χ1v) is 9.84. The van der Waals surface area contributed by atoms with Gasteiger partial charge in [-0.25, -0.2) is 9.37 Å². The fourth-order valence-corrected chi connectivity index (χ4v) is 3.63.